The van der Waals surface area contributed by atoms with Crippen molar-refractivity contribution in [3.63, 3.8) is 0 Å². The maximum absolute atomic E-state index is 12.9. The number of methoxy groups -OCH3 is 4. The highest BCUT2D eigenvalue weighted by atomic mass is 32.2. The van der Waals surface area contributed by atoms with Crippen LogP contribution in [0, 0.1) is 10.1 Å². The summed E-state index contributed by atoms with van der Waals surface area (Å²) in [7, 11) is 1.50. The Bertz CT molecular complexity index is 1390. The molecule has 190 valence electrons. The van der Waals surface area contributed by atoms with Crippen molar-refractivity contribution in [1.29, 1.82) is 0 Å². The van der Waals surface area contributed by atoms with E-state index in [2.05, 4.69) is 4.72 Å². The molecule has 2 N–H and O–H groups in total. The topological polar surface area (TPSA) is 146 Å². The number of hydrogen-bond donors (Lipinski definition) is 2. The van der Waals surface area contributed by atoms with Gasteiger partial charge in [0.25, 0.3) is 15.7 Å². The molecule has 0 atom stereocenters. The van der Waals surface area contributed by atoms with Crippen molar-refractivity contribution >= 4 is 33.6 Å². The lowest BCUT2D eigenvalue weighted by atomic mass is 10.1. The smallest absolute Gasteiger partial charge is 0.270 e. The molecule has 3 aromatic rings. The molecule has 0 heterocycles. The maximum atomic E-state index is 12.9. The largest absolute Gasteiger partial charge is 0.504 e. The van der Waals surface area contributed by atoms with Gasteiger partial charge in [0.15, 0.2) is 23.0 Å². The molecule has 0 aliphatic rings. The minimum Gasteiger partial charge on any atom is -0.504 e. The first-order valence-electron chi connectivity index (χ1n) is 10.3. The first-order valence-corrected chi connectivity index (χ1v) is 11.8. The van der Waals surface area contributed by atoms with Crippen molar-refractivity contribution in [3.8, 4) is 28.7 Å². The number of aromatic hydroxyl groups is 1. The molecule has 0 unspecified atom stereocenters. The van der Waals surface area contributed by atoms with Gasteiger partial charge < -0.3 is 24.1 Å². The molecule has 12 heteroatoms. The van der Waals surface area contributed by atoms with Gasteiger partial charge in [-0.15, -0.1) is 0 Å². The van der Waals surface area contributed by atoms with Gasteiger partial charge in [-0.05, 0) is 41.5 Å². The zero-order valence-electron chi connectivity index (χ0n) is 19.8. The molecule has 0 bridgehead atoms. The fraction of sp³-hybridized carbons (Fsp3) is 0.167. The first kappa shape index (κ1) is 26.2. The summed E-state index contributed by atoms with van der Waals surface area (Å²) in [4.78, 5) is 10.0. The number of nitro benzene ring substituents is 1. The van der Waals surface area contributed by atoms with Crippen molar-refractivity contribution in [2.24, 2.45) is 0 Å². The summed E-state index contributed by atoms with van der Waals surface area (Å²) in [6.07, 6.45) is 3.33. The van der Waals surface area contributed by atoms with Crippen molar-refractivity contribution in [1.82, 2.24) is 0 Å². The molecule has 0 aliphatic carbocycles. The van der Waals surface area contributed by atoms with Crippen molar-refractivity contribution in [2.75, 3.05) is 33.2 Å². The van der Waals surface area contributed by atoms with E-state index in [-0.39, 0.29) is 27.8 Å². The lowest BCUT2D eigenvalue weighted by molar-refractivity contribution is -0.385. The Labute approximate surface area is 207 Å². The maximum Gasteiger partial charge on any atom is 0.270 e. The zero-order chi connectivity index (χ0) is 26.5. The van der Waals surface area contributed by atoms with Crippen LogP contribution in [0.3, 0.4) is 0 Å². The second-order valence-electron chi connectivity index (χ2n) is 7.27. The Morgan fingerprint density at radius 3 is 1.97 bits per heavy atom. The van der Waals surface area contributed by atoms with Crippen LogP contribution >= 0.6 is 0 Å². The highest BCUT2D eigenvalue weighted by Crippen LogP contribution is 2.40. The summed E-state index contributed by atoms with van der Waals surface area (Å²) in [6, 6.07) is 10.9. The number of anilines is 1. The van der Waals surface area contributed by atoms with Crippen LogP contribution in [-0.2, 0) is 10.0 Å². The predicted molar refractivity (Wildman–Crippen MR) is 134 cm³/mol. The van der Waals surface area contributed by atoms with E-state index >= 15 is 0 Å². The van der Waals surface area contributed by atoms with E-state index in [4.69, 9.17) is 18.9 Å². The number of benzene rings is 3. The lowest BCUT2D eigenvalue weighted by Gasteiger charge is -2.14. The number of ether oxygens (including phenoxy) is 4. The van der Waals surface area contributed by atoms with Crippen molar-refractivity contribution < 1.29 is 37.4 Å². The normalized spacial score (nSPS) is 11.2. The molecule has 0 amide bonds. The first-order chi connectivity index (χ1) is 17.1. The average molecular weight is 517 g/mol. The van der Waals surface area contributed by atoms with Crippen LogP contribution in [0.25, 0.3) is 12.2 Å². The molecule has 3 aromatic carbocycles. The van der Waals surface area contributed by atoms with Crippen LogP contribution in [0.2, 0.25) is 0 Å². The van der Waals surface area contributed by atoms with E-state index in [1.165, 1.54) is 58.8 Å². The molecule has 0 saturated carbocycles. The minimum absolute atomic E-state index is 0.0615. The van der Waals surface area contributed by atoms with Crippen LogP contribution in [0.5, 0.6) is 28.7 Å². The fourth-order valence-corrected chi connectivity index (χ4v) is 4.47. The van der Waals surface area contributed by atoms with E-state index in [0.29, 0.717) is 28.4 Å². The average Bonchev–Trinajstić information content (AvgIpc) is 2.86. The standard InChI is InChI=1S/C24H24N2O9S/c1-32-21-12-16(13-22(33-2)24(21)35-4)9-8-15-10-19(23(34-3)20(27)11-15)25-36(30,31)18-7-5-6-17(14-18)26(28)29/h5-14,25,27H,1-4H3. The van der Waals surface area contributed by atoms with Crippen LogP contribution in [0.15, 0.2) is 53.4 Å². The van der Waals surface area contributed by atoms with Gasteiger partial charge in [0, 0.05) is 12.1 Å². The van der Waals surface area contributed by atoms with Crippen LogP contribution in [0.1, 0.15) is 11.1 Å². The number of nitrogens with zero attached hydrogens (tertiary/aromatic N) is 1. The predicted octanol–water partition coefficient (Wildman–Crippen LogP) is 4.31. The molecule has 11 nitrogen and oxygen atoms in total. The molecule has 3 rings (SSSR count). The SMILES string of the molecule is COc1cc(C=Cc2cc(O)c(OC)c(NS(=O)(=O)c3cccc([N+](=O)[O-])c3)c2)cc(OC)c1OC. The third-order valence-corrected chi connectivity index (χ3v) is 6.40. The van der Waals surface area contributed by atoms with E-state index in [1.807, 2.05) is 0 Å². The van der Waals surface area contributed by atoms with E-state index in [0.717, 1.165) is 6.07 Å². The number of hydrogen-bond acceptors (Lipinski definition) is 9. The number of rotatable bonds is 10. The number of phenolic OH excluding ortho intramolecular Hbond substituents is 1. The molecule has 36 heavy (non-hydrogen) atoms. The summed E-state index contributed by atoms with van der Waals surface area (Å²) in [5, 5.41) is 21.5. The third kappa shape index (κ3) is 5.61. The Kier molecular flexibility index (Phi) is 7.90. The van der Waals surface area contributed by atoms with Gasteiger partial charge in [0.1, 0.15) is 0 Å². The molecule has 0 fully saturated rings. The number of sulfonamides is 1. The van der Waals surface area contributed by atoms with E-state index in [1.54, 1.807) is 24.3 Å². The van der Waals surface area contributed by atoms with Gasteiger partial charge in [-0.25, -0.2) is 8.42 Å². The van der Waals surface area contributed by atoms with E-state index in [9.17, 15) is 23.6 Å². The Hall–Kier alpha value is -4.45. The molecule has 0 aliphatic heterocycles. The summed E-state index contributed by atoms with van der Waals surface area (Å²) >= 11 is 0. The Balaban J connectivity index is 2.00. The van der Waals surface area contributed by atoms with Crippen LogP contribution < -0.4 is 23.7 Å². The van der Waals surface area contributed by atoms with E-state index < -0.39 is 14.9 Å². The van der Waals surface area contributed by atoms with Gasteiger partial charge in [-0.1, -0.05) is 18.2 Å². The monoisotopic (exact) mass is 516 g/mol. The highest BCUT2D eigenvalue weighted by molar-refractivity contribution is 7.92. The van der Waals surface area contributed by atoms with Gasteiger partial charge >= 0.3 is 0 Å². The van der Waals surface area contributed by atoms with Gasteiger partial charge in [0.2, 0.25) is 5.75 Å². The number of nitro groups is 1. The fourth-order valence-electron chi connectivity index (χ4n) is 3.38. The third-order valence-electron chi connectivity index (χ3n) is 5.03. The molecule has 0 radical (unpaired) electrons. The Morgan fingerprint density at radius 1 is 0.861 bits per heavy atom. The number of non-ortho nitro benzene ring substituents is 1. The van der Waals surface area contributed by atoms with Crippen LogP contribution in [0.4, 0.5) is 11.4 Å². The highest BCUT2D eigenvalue weighted by Gasteiger charge is 2.21. The van der Waals surface area contributed by atoms with Crippen molar-refractivity contribution in [3.05, 3.63) is 69.8 Å². The second kappa shape index (κ2) is 10.9. The van der Waals surface area contributed by atoms with Gasteiger partial charge in [0.05, 0.1) is 43.9 Å². The zero-order valence-corrected chi connectivity index (χ0v) is 20.7. The summed E-state index contributed by atoms with van der Waals surface area (Å²) < 4.78 is 49.3. The number of phenols is 1. The molecule has 0 aromatic heterocycles. The molecule has 0 spiro atoms. The summed E-state index contributed by atoms with van der Waals surface area (Å²) in [5.41, 5.74) is 0.667. The van der Waals surface area contributed by atoms with Crippen LogP contribution in [-0.4, -0.2) is 46.9 Å². The van der Waals surface area contributed by atoms with Gasteiger partial charge in [-0.2, -0.15) is 0 Å². The molecular formula is C24H24N2O9S. The minimum atomic E-state index is -4.24. The summed E-state index contributed by atoms with van der Waals surface area (Å²) in [6.45, 7) is 0. The number of nitrogens with one attached hydrogen (secondary N) is 1. The van der Waals surface area contributed by atoms with Crippen molar-refractivity contribution in [2.45, 2.75) is 4.90 Å². The molecular weight excluding hydrogens is 492 g/mol. The second-order valence-corrected chi connectivity index (χ2v) is 8.96. The Morgan fingerprint density at radius 2 is 1.44 bits per heavy atom. The lowest BCUT2D eigenvalue weighted by Crippen LogP contribution is -2.14. The quantitative estimate of drug-likeness (QED) is 0.229. The molecule has 0 saturated heterocycles. The summed E-state index contributed by atoms with van der Waals surface area (Å²) in [5.74, 6) is 0.881. The van der Waals surface area contributed by atoms with Gasteiger partial charge in [-0.3, -0.25) is 14.8 Å².